The van der Waals surface area contributed by atoms with Crippen molar-refractivity contribution in [3.8, 4) is 0 Å². The van der Waals surface area contributed by atoms with Crippen LogP contribution in [0.15, 0.2) is 36.4 Å². The summed E-state index contributed by atoms with van der Waals surface area (Å²) in [5.41, 5.74) is 7.08. The van der Waals surface area contributed by atoms with Crippen molar-refractivity contribution in [3.63, 3.8) is 0 Å². The first-order valence-corrected chi connectivity index (χ1v) is 7.92. The molecule has 4 heteroatoms. The second-order valence-corrected chi connectivity index (χ2v) is 6.47. The summed E-state index contributed by atoms with van der Waals surface area (Å²) < 4.78 is 5.71. The van der Waals surface area contributed by atoms with Gasteiger partial charge in [-0.15, -0.1) is 0 Å². The zero-order valence-electron chi connectivity index (χ0n) is 13.7. The SMILES string of the molecule is CC(=O)O[C@H]1c2cc(C)ccc2N2Cc3cc(C)ccc3N1C2. The Balaban J connectivity index is 1.88. The summed E-state index contributed by atoms with van der Waals surface area (Å²) in [7, 11) is 0. The quantitative estimate of drug-likeness (QED) is 0.753. The van der Waals surface area contributed by atoms with Crippen molar-refractivity contribution in [2.45, 2.75) is 33.5 Å². The lowest BCUT2D eigenvalue weighted by Gasteiger charge is -2.48. The first-order chi connectivity index (χ1) is 11.0. The van der Waals surface area contributed by atoms with Gasteiger partial charge in [-0.25, -0.2) is 0 Å². The monoisotopic (exact) mass is 308 g/mol. The molecular weight excluding hydrogens is 288 g/mol. The molecule has 118 valence electrons. The van der Waals surface area contributed by atoms with Crippen LogP contribution in [0.4, 0.5) is 11.4 Å². The van der Waals surface area contributed by atoms with Gasteiger partial charge in [0.05, 0.1) is 6.67 Å². The zero-order valence-corrected chi connectivity index (χ0v) is 13.7. The molecule has 0 aliphatic carbocycles. The van der Waals surface area contributed by atoms with E-state index in [2.05, 4.69) is 60.0 Å². The number of esters is 1. The minimum atomic E-state index is -0.361. The van der Waals surface area contributed by atoms with Crippen molar-refractivity contribution in [2.24, 2.45) is 0 Å². The topological polar surface area (TPSA) is 32.8 Å². The van der Waals surface area contributed by atoms with Crippen LogP contribution in [-0.4, -0.2) is 12.6 Å². The Labute approximate surface area is 136 Å². The van der Waals surface area contributed by atoms with Gasteiger partial charge in [0.2, 0.25) is 6.23 Å². The molecule has 0 spiro atoms. The van der Waals surface area contributed by atoms with E-state index in [-0.39, 0.29) is 12.2 Å². The number of anilines is 2. The Morgan fingerprint density at radius 1 is 1.09 bits per heavy atom. The van der Waals surface area contributed by atoms with E-state index in [1.54, 1.807) is 0 Å². The molecule has 2 aromatic rings. The largest absolute Gasteiger partial charge is 0.437 e. The first kappa shape index (κ1) is 14.1. The molecule has 4 rings (SSSR count). The molecule has 2 aliphatic rings. The molecule has 0 aromatic heterocycles. The predicted molar refractivity (Wildman–Crippen MR) is 90.4 cm³/mol. The van der Waals surface area contributed by atoms with Gasteiger partial charge in [-0.2, -0.15) is 0 Å². The van der Waals surface area contributed by atoms with Crippen LogP contribution in [0.1, 0.15) is 35.4 Å². The minimum absolute atomic E-state index is 0.254. The third kappa shape index (κ3) is 2.25. The van der Waals surface area contributed by atoms with E-state index in [4.69, 9.17) is 4.74 Å². The van der Waals surface area contributed by atoms with Crippen LogP contribution < -0.4 is 9.80 Å². The van der Waals surface area contributed by atoms with Crippen molar-refractivity contribution >= 4 is 17.3 Å². The molecular formula is C19H20N2O2. The lowest BCUT2D eigenvalue weighted by Crippen LogP contribution is -2.49. The van der Waals surface area contributed by atoms with Crippen molar-refractivity contribution in [1.29, 1.82) is 0 Å². The molecule has 23 heavy (non-hydrogen) atoms. The number of aryl methyl sites for hydroxylation is 2. The number of fused-ring (bicyclic) bond motifs is 6. The summed E-state index contributed by atoms with van der Waals surface area (Å²) in [6.07, 6.45) is -0.361. The fourth-order valence-corrected chi connectivity index (χ4v) is 3.61. The first-order valence-electron chi connectivity index (χ1n) is 7.92. The van der Waals surface area contributed by atoms with E-state index in [1.165, 1.54) is 23.6 Å². The van der Waals surface area contributed by atoms with E-state index >= 15 is 0 Å². The number of benzene rings is 2. The molecule has 0 amide bonds. The molecule has 0 fully saturated rings. The molecule has 2 aromatic carbocycles. The number of carbonyl (C=O) groups is 1. The highest BCUT2D eigenvalue weighted by Gasteiger charge is 2.38. The third-order valence-electron chi connectivity index (χ3n) is 4.58. The Hall–Kier alpha value is -2.49. The normalized spacial score (nSPS) is 18.3. The van der Waals surface area contributed by atoms with Crippen LogP contribution in [0, 0.1) is 13.8 Å². The second-order valence-electron chi connectivity index (χ2n) is 6.47. The van der Waals surface area contributed by atoms with Crippen LogP contribution in [0.3, 0.4) is 0 Å². The maximum absolute atomic E-state index is 11.7. The average Bonchev–Trinajstić information content (AvgIpc) is 2.50. The number of nitrogens with zero attached hydrogens (tertiary/aromatic N) is 2. The fourth-order valence-electron chi connectivity index (χ4n) is 3.61. The van der Waals surface area contributed by atoms with E-state index < -0.39 is 0 Å². The number of hydrogen-bond acceptors (Lipinski definition) is 4. The fraction of sp³-hybridized carbons (Fsp3) is 0.316. The van der Waals surface area contributed by atoms with Gasteiger partial charge in [-0.3, -0.25) is 4.79 Å². The van der Waals surface area contributed by atoms with Crippen molar-refractivity contribution in [3.05, 3.63) is 58.7 Å². The van der Waals surface area contributed by atoms with Gasteiger partial charge in [-0.1, -0.05) is 29.3 Å². The van der Waals surface area contributed by atoms with E-state index in [0.717, 1.165) is 30.2 Å². The van der Waals surface area contributed by atoms with E-state index in [1.807, 2.05) is 0 Å². The maximum Gasteiger partial charge on any atom is 0.304 e. The highest BCUT2D eigenvalue weighted by molar-refractivity contribution is 5.72. The van der Waals surface area contributed by atoms with Crippen molar-refractivity contribution in [2.75, 3.05) is 16.5 Å². The van der Waals surface area contributed by atoms with Crippen LogP contribution in [0.2, 0.25) is 0 Å². The van der Waals surface area contributed by atoms with Crippen molar-refractivity contribution < 1.29 is 9.53 Å². The number of hydrogen-bond donors (Lipinski definition) is 0. The van der Waals surface area contributed by atoms with Gasteiger partial charge < -0.3 is 14.5 Å². The lowest BCUT2D eigenvalue weighted by molar-refractivity contribution is -0.147. The molecule has 1 atom stereocenters. The van der Waals surface area contributed by atoms with Crippen LogP contribution in [0.5, 0.6) is 0 Å². The highest BCUT2D eigenvalue weighted by Crippen LogP contribution is 2.44. The van der Waals surface area contributed by atoms with Gasteiger partial charge in [-0.05, 0) is 37.6 Å². The standard InChI is InChI=1S/C19H20N2O2/c1-12-4-6-17-15(8-12)10-20-11-21(17)19(23-14(3)22)16-9-13(2)5-7-18(16)20/h4-9,19H,10-11H2,1-3H3/t19-/m0/s1. The Bertz CT molecular complexity index is 800. The van der Waals surface area contributed by atoms with E-state index in [0.29, 0.717) is 0 Å². The summed E-state index contributed by atoms with van der Waals surface area (Å²) in [6, 6.07) is 12.9. The molecule has 0 saturated heterocycles. The van der Waals surface area contributed by atoms with E-state index in [9.17, 15) is 4.79 Å². The molecule has 0 unspecified atom stereocenters. The Kier molecular flexibility index (Phi) is 3.08. The van der Waals surface area contributed by atoms with Crippen molar-refractivity contribution in [1.82, 2.24) is 0 Å². The summed E-state index contributed by atoms with van der Waals surface area (Å²) in [4.78, 5) is 16.2. The maximum atomic E-state index is 11.7. The molecule has 4 nitrogen and oxygen atoms in total. The summed E-state index contributed by atoms with van der Waals surface area (Å²) in [5.74, 6) is -0.254. The molecule has 0 saturated carbocycles. The smallest absolute Gasteiger partial charge is 0.304 e. The summed E-state index contributed by atoms with van der Waals surface area (Å²) in [6.45, 7) is 7.27. The minimum Gasteiger partial charge on any atom is -0.437 e. The zero-order chi connectivity index (χ0) is 16.1. The van der Waals surface area contributed by atoms with Crippen LogP contribution >= 0.6 is 0 Å². The van der Waals surface area contributed by atoms with Gasteiger partial charge >= 0.3 is 5.97 Å². The Morgan fingerprint density at radius 2 is 1.78 bits per heavy atom. The second kappa shape index (κ2) is 5.01. The third-order valence-corrected chi connectivity index (χ3v) is 4.58. The molecule has 2 bridgehead atoms. The van der Waals surface area contributed by atoms with Gasteiger partial charge in [0.15, 0.2) is 0 Å². The number of ether oxygens (including phenoxy) is 1. The summed E-state index contributed by atoms with van der Waals surface area (Å²) >= 11 is 0. The highest BCUT2D eigenvalue weighted by atomic mass is 16.6. The summed E-state index contributed by atoms with van der Waals surface area (Å²) in [5, 5.41) is 0. The van der Waals surface area contributed by atoms with Crippen LogP contribution in [0.25, 0.3) is 0 Å². The van der Waals surface area contributed by atoms with Crippen LogP contribution in [-0.2, 0) is 16.1 Å². The molecule has 0 radical (unpaired) electrons. The van der Waals surface area contributed by atoms with Gasteiger partial charge in [0, 0.05) is 30.4 Å². The average molecular weight is 308 g/mol. The van der Waals surface area contributed by atoms with Gasteiger partial charge in [0.25, 0.3) is 0 Å². The molecule has 2 heterocycles. The van der Waals surface area contributed by atoms with Gasteiger partial charge in [0.1, 0.15) is 0 Å². The Morgan fingerprint density at radius 3 is 2.52 bits per heavy atom. The lowest BCUT2D eigenvalue weighted by atomic mass is 9.98. The molecule has 2 aliphatic heterocycles. The predicted octanol–water partition coefficient (Wildman–Crippen LogP) is 3.66. The molecule has 0 N–H and O–H groups in total. The number of carbonyl (C=O) groups excluding carboxylic acids is 1. The number of rotatable bonds is 1.